The highest BCUT2D eigenvalue weighted by Gasteiger charge is 2.23. The Morgan fingerprint density at radius 3 is 2.28 bits per heavy atom. The van der Waals surface area contributed by atoms with Crippen molar-refractivity contribution >= 4 is 17.1 Å². The number of carbonyl (C=O) groups excluding carboxylic acids is 1. The molecule has 0 saturated heterocycles. The Hall–Kier alpha value is -2.73. The van der Waals surface area contributed by atoms with Crippen LogP contribution in [0.3, 0.4) is 0 Å². The largest absolute Gasteiger partial charge is 0.507 e. The zero-order valence-electron chi connectivity index (χ0n) is 13.4. The second kappa shape index (κ2) is 6.29. The van der Waals surface area contributed by atoms with Gasteiger partial charge in [-0.25, -0.2) is 8.78 Å². The van der Waals surface area contributed by atoms with Crippen LogP contribution >= 0.6 is 11.3 Å². The fourth-order valence-corrected chi connectivity index (χ4v) is 3.53. The van der Waals surface area contributed by atoms with Gasteiger partial charge in [-0.3, -0.25) is 4.79 Å². The first-order valence-electron chi connectivity index (χ1n) is 7.41. The number of benzene rings is 2. The fraction of sp³-hybridized carbons (Fsp3) is 0.105. The van der Waals surface area contributed by atoms with Crippen molar-refractivity contribution in [3.8, 4) is 21.9 Å². The van der Waals surface area contributed by atoms with Crippen LogP contribution in [0.1, 0.15) is 26.4 Å². The van der Waals surface area contributed by atoms with E-state index in [4.69, 9.17) is 0 Å². The molecule has 6 heteroatoms. The summed E-state index contributed by atoms with van der Waals surface area (Å²) >= 11 is 1.09. The molecule has 0 radical (unpaired) electrons. The van der Waals surface area contributed by atoms with Crippen molar-refractivity contribution in [2.24, 2.45) is 0 Å². The van der Waals surface area contributed by atoms with E-state index in [1.165, 1.54) is 6.07 Å². The molecule has 0 amide bonds. The minimum atomic E-state index is -1.27. The summed E-state index contributed by atoms with van der Waals surface area (Å²) in [7, 11) is 0. The highest BCUT2D eigenvalue weighted by Crippen LogP contribution is 2.35. The standard InChI is InChI=1S/C19H14F2O3S/c1-9-7-11(8-10(2)18(9)23)14-5-6-15(25-14)19(24)16-12(20)3-4-13(22)17(16)21/h3-8,22-23H,1-2H3. The van der Waals surface area contributed by atoms with E-state index < -0.39 is 28.7 Å². The van der Waals surface area contributed by atoms with Gasteiger partial charge >= 0.3 is 0 Å². The first kappa shape index (κ1) is 17.1. The number of hydrogen-bond donors (Lipinski definition) is 2. The third-order valence-corrected chi connectivity index (χ3v) is 5.04. The molecule has 1 aromatic heterocycles. The van der Waals surface area contributed by atoms with Crippen LogP contribution < -0.4 is 0 Å². The smallest absolute Gasteiger partial charge is 0.209 e. The van der Waals surface area contributed by atoms with Crippen LogP contribution in [-0.4, -0.2) is 16.0 Å². The Morgan fingerprint density at radius 1 is 1.00 bits per heavy atom. The lowest BCUT2D eigenvalue weighted by molar-refractivity contribution is 0.103. The monoisotopic (exact) mass is 360 g/mol. The molecule has 3 aromatic rings. The van der Waals surface area contributed by atoms with Crippen molar-refractivity contribution in [1.82, 2.24) is 0 Å². The highest BCUT2D eigenvalue weighted by atomic mass is 32.1. The van der Waals surface area contributed by atoms with Gasteiger partial charge in [0.05, 0.1) is 10.4 Å². The number of aryl methyl sites for hydroxylation is 2. The molecule has 0 atom stereocenters. The van der Waals surface area contributed by atoms with Gasteiger partial charge in [-0.15, -0.1) is 11.3 Å². The molecular formula is C19H14F2O3S. The number of phenols is 2. The van der Waals surface area contributed by atoms with E-state index in [-0.39, 0.29) is 10.6 Å². The minimum absolute atomic E-state index is 0.154. The van der Waals surface area contributed by atoms with Gasteiger partial charge in [-0.05, 0) is 66.9 Å². The highest BCUT2D eigenvalue weighted by molar-refractivity contribution is 7.17. The zero-order valence-corrected chi connectivity index (χ0v) is 14.2. The first-order chi connectivity index (χ1) is 11.8. The summed E-state index contributed by atoms with van der Waals surface area (Å²) in [4.78, 5) is 13.3. The molecule has 2 N–H and O–H groups in total. The van der Waals surface area contributed by atoms with Gasteiger partial charge < -0.3 is 10.2 Å². The number of phenolic OH excluding ortho intramolecular Hbond substituents is 2. The molecule has 25 heavy (non-hydrogen) atoms. The van der Waals surface area contributed by atoms with Crippen LogP contribution in [0.15, 0.2) is 36.4 Å². The summed E-state index contributed by atoms with van der Waals surface area (Å²) in [5, 5.41) is 19.2. The Morgan fingerprint density at radius 2 is 1.64 bits per heavy atom. The molecule has 1 heterocycles. The van der Waals surface area contributed by atoms with Crippen LogP contribution in [-0.2, 0) is 0 Å². The normalized spacial score (nSPS) is 10.9. The van der Waals surface area contributed by atoms with Crippen LogP contribution in [0, 0.1) is 25.5 Å². The molecule has 3 rings (SSSR count). The summed E-state index contributed by atoms with van der Waals surface area (Å²) in [5.74, 6) is -3.68. The predicted octanol–water partition coefficient (Wildman–Crippen LogP) is 4.95. The number of ketones is 1. The molecule has 0 aliphatic heterocycles. The molecule has 0 aliphatic carbocycles. The van der Waals surface area contributed by atoms with Crippen LogP contribution in [0.2, 0.25) is 0 Å². The average Bonchev–Trinajstić information content (AvgIpc) is 3.06. The van der Waals surface area contributed by atoms with Crippen molar-refractivity contribution in [2.45, 2.75) is 13.8 Å². The van der Waals surface area contributed by atoms with Crippen molar-refractivity contribution < 1.29 is 23.8 Å². The second-order valence-corrected chi connectivity index (χ2v) is 6.79. The summed E-state index contributed by atoms with van der Waals surface area (Å²) in [6.07, 6.45) is 0. The molecule has 128 valence electrons. The molecule has 0 fully saturated rings. The molecule has 0 saturated carbocycles. The maximum Gasteiger partial charge on any atom is 0.209 e. The van der Waals surface area contributed by atoms with Crippen LogP contribution in [0.4, 0.5) is 8.78 Å². The van der Waals surface area contributed by atoms with E-state index in [1.807, 2.05) is 0 Å². The molecular weight excluding hydrogens is 346 g/mol. The number of rotatable bonds is 3. The van der Waals surface area contributed by atoms with Crippen LogP contribution in [0.5, 0.6) is 11.5 Å². The van der Waals surface area contributed by atoms with Crippen LogP contribution in [0.25, 0.3) is 10.4 Å². The van der Waals surface area contributed by atoms with E-state index in [1.54, 1.807) is 32.0 Å². The Balaban J connectivity index is 2.03. The van der Waals surface area contributed by atoms with Gasteiger partial charge in [-0.1, -0.05) is 0 Å². The molecule has 0 unspecified atom stereocenters. The van der Waals surface area contributed by atoms with E-state index >= 15 is 0 Å². The lowest BCUT2D eigenvalue weighted by atomic mass is 10.0. The quantitative estimate of drug-likeness (QED) is 0.650. The van der Waals surface area contributed by atoms with Crippen molar-refractivity contribution in [3.63, 3.8) is 0 Å². The lowest BCUT2D eigenvalue weighted by Crippen LogP contribution is -2.05. The maximum absolute atomic E-state index is 13.9. The second-order valence-electron chi connectivity index (χ2n) is 5.71. The van der Waals surface area contributed by atoms with Crippen molar-refractivity contribution in [3.05, 3.63) is 69.6 Å². The Kier molecular flexibility index (Phi) is 4.30. The van der Waals surface area contributed by atoms with Gasteiger partial charge in [0.2, 0.25) is 5.78 Å². The number of thiophene rings is 1. The van der Waals surface area contributed by atoms with E-state index in [9.17, 15) is 23.8 Å². The van der Waals surface area contributed by atoms with Gasteiger partial charge in [0.15, 0.2) is 11.6 Å². The Bertz CT molecular complexity index is 969. The van der Waals surface area contributed by atoms with Gasteiger partial charge in [-0.2, -0.15) is 0 Å². The molecule has 0 spiro atoms. The van der Waals surface area contributed by atoms with Gasteiger partial charge in [0.25, 0.3) is 0 Å². The third-order valence-electron chi connectivity index (χ3n) is 3.90. The first-order valence-corrected chi connectivity index (χ1v) is 8.23. The minimum Gasteiger partial charge on any atom is -0.507 e. The number of carbonyl (C=O) groups is 1. The van der Waals surface area contributed by atoms with E-state index in [2.05, 4.69) is 0 Å². The summed E-state index contributed by atoms with van der Waals surface area (Å²) in [6.45, 7) is 3.53. The van der Waals surface area contributed by atoms with E-state index in [0.29, 0.717) is 11.1 Å². The Labute approximate surface area is 146 Å². The SMILES string of the molecule is Cc1cc(-c2ccc(C(=O)c3c(F)ccc(O)c3F)s2)cc(C)c1O. The fourth-order valence-electron chi connectivity index (χ4n) is 2.59. The number of halogens is 2. The number of aromatic hydroxyl groups is 2. The third kappa shape index (κ3) is 3.00. The predicted molar refractivity (Wildman–Crippen MR) is 92.3 cm³/mol. The average molecular weight is 360 g/mol. The topological polar surface area (TPSA) is 57.5 Å². The van der Waals surface area contributed by atoms with Gasteiger partial charge in [0, 0.05) is 4.88 Å². The molecule has 0 aliphatic rings. The van der Waals surface area contributed by atoms with Crippen molar-refractivity contribution in [1.29, 1.82) is 0 Å². The van der Waals surface area contributed by atoms with Gasteiger partial charge in [0.1, 0.15) is 11.6 Å². The lowest BCUT2D eigenvalue weighted by Gasteiger charge is -2.06. The number of hydrogen-bond acceptors (Lipinski definition) is 4. The zero-order chi connectivity index (χ0) is 18.3. The van der Waals surface area contributed by atoms with E-state index in [0.717, 1.165) is 33.9 Å². The van der Waals surface area contributed by atoms with Crippen molar-refractivity contribution in [2.75, 3.05) is 0 Å². The molecule has 3 nitrogen and oxygen atoms in total. The maximum atomic E-state index is 13.9. The summed E-state index contributed by atoms with van der Waals surface area (Å²) in [6, 6.07) is 8.44. The molecule has 0 bridgehead atoms. The molecule has 2 aromatic carbocycles. The summed E-state index contributed by atoms with van der Waals surface area (Å²) < 4.78 is 27.8. The summed E-state index contributed by atoms with van der Waals surface area (Å²) in [5.41, 5.74) is 1.42.